The van der Waals surface area contributed by atoms with Gasteiger partial charge in [0.25, 0.3) is 0 Å². The zero-order chi connectivity index (χ0) is 19.1. The van der Waals surface area contributed by atoms with Crippen molar-refractivity contribution in [1.82, 2.24) is 5.32 Å². The fraction of sp³-hybridized carbons (Fsp3) is 0.238. The van der Waals surface area contributed by atoms with Crippen LogP contribution in [0, 0.1) is 20.8 Å². The van der Waals surface area contributed by atoms with Gasteiger partial charge in [0.1, 0.15) is 0 Å². The van der Waals surface area contributed by atoms with E-state index in [0.717, 1.165) is 33.5 Å². The van der Waals surface area contributed by atoms with Crippen LogP contribution in [0.1, 0.15) is 27.8 Å². The molecule has 5 nitrogen and oxygen atoms in total. The molecule has 0 aliphatic carbocycles. The third kappa shape index (κ3) is 4.96. The molecule has 0 saturated heterocycles. The molecule has 2 aromatic rings. The van der Waals surface area contributed by atoms with Gasteiger partial charge in [-0.2, -0.15) is 0 Å². The van der Waals surface area contributed by atoms with E-state index in [1.807, 2.05) is 39.0 Å². The lowest BCUT2D eigenvalue weighted by molar-refractivity contribution is 0.251. The van der Waals surface area contributed by atoms with E-state index in [4.69, 9.17) is 5.73 Å². The van der Waals surface area contributed by atoms with E-state index in [1.165, 1.54) is 11.8 Å². The van der Waals surface area contributed by atoms with Gasteiger partial charge in [0.2, 0.25) is 0 Å². The number of anilines is 1. The summed E-state index contributed by atoms with van der Waals surface area (Å²) in [6.07, 6.45) is 3.24. The molecule has 0 aromatic heterocycles. The lowest BCUT2D eigenvalue weighted by atomic mass is 10.0. The average Bonchev–Trinajstić information content (AvgIpc) is 2.61. The van der Waals surface area contributed by atoms with Gasteiger partial charge < -0.3 is 16.4 Å². The van der Waals surface area contributed by atoms with E-state index in [9.17, 15) is 4.79 Å². The third-order valence-corrected chi connectivity index (χ3v) is 4.19. The fourth-order valence-corrected chi connectivity index (χ4v) is 2.75. The van der Waals surface area contributed by atoms with E-state index >= 15 is 0 Å². The third-order valence-electron chi connectivity index (χ3n) is 4.19. The molecule has 136 valence electrons. The number of benzene rings is 2. The molecule has 5 heteroatoms. The molecule has 0 aliphatic heterocycles. The Bertz CT molecular complexity index is 853. The van der Waals surface area contributed by atoms with Crippen LogP contribution in [0.15, 0.2) is 47.6 Å². The van der Waals surface area contributed by atoms with Crippen molar-refractivity contribution in [1.29, 1.82) is 0 Å². The number of nitrogens with zero attached hydrogens (tertiary/aromatic N) is 1. The molecule has 26 heavy (non-hydrogen) atoms. The maximum Gasteiger partial charge on any atom is 0.319 e. The Balaban J connectivity index is 2.03. The van der Waals surface area contributed by atoms with Crippen LogP contribution in [-0.4, -0.2) is 19.3 Å². The van der Waals surface area contributed by atoms with E-state index < -0.39 is 0 Å². The normalized spacial score (nSPS) is 11.6. The number of nitrogens with two attached hydrogens (primary N) is 1. The first-order valence-electron chi connectivity index (χ1n) is 8.50. The van der Waals surface area contributed by atoms with E-state index in [1.54, 1.807) is 13.3 Å². The predicted molar refractivity (Wildman–Crippen MR) is 110 cm³/mol. The monoisotopic (exact) mass is 350 g/mol. The molecule has 0 saturated carbocycles. The van der Waals surface area contributed by atoms with Crippen molar-refractivity contribution in [2.45, 2.75) is 27.3 Å². The quantitative estimate of drug-likeness (QED) is 0.714. The zero-order valence-corrected chi connectivity index (χ0v) is 15.8. The Labute approximate surface area is 155 Å². The van der Waals surface area contributed by atoms with Gasteiger partial charge >= 0.3 is 6.03 Å². The molecule has 0 fully saturated rings. The van der Waals surface area contributed by atoms with Crippen LogP contribution < -0.4 is 16.4 Å². The molecule has 2 amide bonds. The van der Waals surface area contributed by atoms with Gasteiger partial charge in [-0.1, -0.05) is 29.8 Å². The number of carbonyl (C=O) groups excluding carboxylic acids is 1. The molecule has 0 bridgehead atoms. The molecule has 0 heterocycles. The van der Waals surface area contributed by atoms with Gasteiger partial charge in [-0.3, -0.25) is 4.99 Å². The van der Waals surface area contributed by atoms with Crippen molar-refractivity contribution in [3.05, 3.63) is 70.4 Å². The summed E-state index contributed by atoms with van der Waals surface area (Å²) in [7, 11) is 1.70. The predicted octanol–water partition coefficient (Wildman–Crippen LogP) is 3.93. The minimum atomic E-state index is -0.234. The highest BCUT2D eigenvalue weighted by Crippen LogP contribution is 2.21. The summed E-state index contributed by atoms with van der Waals surface area (Å²) in [6.45, 7) is 6.55. The lowest BCUT2D eigenvalue weighted by Crippen LogP contribution is -2.28. The zero-order valence-electron chi connectivity index (χ0n) is 15.8. The molecule has 2 rings (SSSR count). The molecule has 0 spiro atoms. The molecule has 2 aromatic carbocycles. The average molecular weight is 350 g/mol. The smallest absolute Gasteiger partial charge is 0.319 e. The first-order chi connectivity index (χ1) is 12.4. The molecule has 0 radical (unpaired) electrons. The van der Waals surface area contributed by atoms with E-state index in [2.05, 4.69) is 33.8 Å². The maximum atomic E-state index is 12.2. The summed E-state index contributed by atoms with van der Waals surface area (Å²) < 4.78 is 0. The molecule has 4 N–H and O–H groups in total. The highest BCUT2D eigenvalue weighted by Gasteiger charge is 2.07. The molecular weight excluding hydrogens is 324 g/mol. The number of nitrogens with one attached hydrogen (secondary N) is 2. The van der Waals surface area contributed by atoms with Crippen molar-refractivity contribution in [2.75, 3.05) is 12.4 Å². The van der Waals surface area contributed by atoms with Gasteiger partial charge in [0, 0.05) is 37.3 Å². The topological polar surface area (TPSA) is 79.5 Å². The number of hydrogen-bond donors (Lipinski definition) is 3. The molecule has 0 aliphatic rings. The number of hydrogen-bond acceptors (Lipinski definition) is 3. The van der Waals surface area contributed by atoms with Crippen LogP contribution >= 0.6 is 0 Å². The second-order valence-corrected chi connectivity index (χ2v) is 6.28. The van der Waals surface area contributed by atoms with Crippen LogP contribution in [0.5, 0.6) is 0 Å². The van der Waals surface area contributed by atoms with Gasteiger partial charge in [-0.15, -0.1) is 0 Å². The van der Waals surface area contributed by atoms with Gasteiger partial charge in [-0.05, 0) is 55.2 Å². The number of aliphatic imine (C=N–C) groups is 1. The van der Waals surface area contributed by atoms with E-state index in [-0.39, 0.29) is 6.03 Å². The fourth-order valence-electron chi connectivity index (χ4n) is 2.75. The largest absolute Gasteiger partial charge is 0.404 e. The van der Waals surface area contributed by atoms with Crippen molar-refractivity contribution >= 4 is 23.5 Å². The second-order valence-electron chi connectivity index (χ2n) is 6.28. The number of carbonyl (C=O) groups is 1. The van der Waals surface area contributed by atoms with Gasteiger partial charge in [0.15, 0.2) is 0 Å². The van der Waals surface area contributed by atoms with E-state index in [0.29, 0.717) is 6.54 Å². The minimum absolute atomic E-state index is 0.234. The Morgan fingerprint density at radius 2 is 1.88 bits per heavy atom. The minimum Gasteiger partial charge on any atom is -0.404 e. The highest BCUT2D eigenvalue weighted by atomic mass is 16.2. The maximum absolute atomic E-state index is 12.2. The second kappa shape index (κ2) is 8.85. The van der Waals surface area contributed by atoms with Crippen LogP contribution in [0.3, 0.4) is 0 Å². The van der Waals surface area contributed by atoms with Crippen LogP contribution in [0.2, 0.25) is 0 Å². The highest BCUT2D eigenvalue weighted by molar-refractivity contribution is 6.10. The molecule has 0 atom stereocenters. The van der Waals surface area contributed by atoms with Crippen molar-refractivity contribution in [3.63, 3.8) is 0 Å². The van der Waals surface area contributed by atoms with Crippen molar-refractivity contribution in [3.8, 4) is 0 Å². The lowest BCUT2D eigenvalue weighted by Gasteiger charge is -2.12. The summed E-state index contributed by atoms with van der Waals surface area (Å²) in [5.41, 5.74) is 12.7. The summed E-state index contributed by atoms with van der Waals surface area (Å²) >= 11 is 0. The Morgan fingerprint density at radius 1 is 1.12 bits per heavy atom. The summed E-state index contributed by atoms with van der Waals surface area (Å²) in [4.78, 5) is 16.2. The molecular formula is C21H26N4O. The van der Waals surface area contributed by atoms with Crippen LogP contribution in [-0.2, 0) is 6.54 Å². The van der Waals surface area contributed by atoms with Crippen LogP contribution in [0.4, 0.5) is 10.5 Å². The Morgan fingerprint density at radius 3 is 2.54 bits per heavy atom. The first kappa shape index (κ1) is 19.2. The number of urea groups is 1. The number of aryl methyl sites for hydroxylation is 3. The molecule has 0 unspecified atom stereocenters. The first-order valence-corrected chi connectivity index (χ1v) is 8.50. The number of rotatable bonds is 5. The van der Waals surface area contributed by atoms with Gasteiger partial charge in [-0.25, -0.2) is 4.79 Å². The Hall–Kier alpha value is -3.08. The number of amides is 2. The van der Waals surface area contributed by atoms with Crippen molar-refractivity contribution in [2.24, 2.45) is 10.7 Å². The van der Waals surface area contributed by atoms with Crippen LogP contribution in [0.25, 0.3) is 5.57 Å². The SMILES string of the molecule is CN=C/C(=C\N)c1ccc(NC(=O)NCc2cc(C)ccc2C)cc1C. The standard InChI is InChI=1S/C21H26N4O/c1-14-5-6-15(2)17(9-14)13-24-21(26)25-19-7-8-20(16(3)10-19)18(11-22)12-23-4/h5-12H,13,22H2,1-4H3,(H2,24,25,26)/b18-11+,23-12?. The Kier molecular flexibility index (Phi) is 6.55. The summed E-state index contributed by atoms with van der Waals surface area (Å²) in [5.74, 6) is 0. The van der Waals surface area contributed by atoms with Crippen molar-refractivity contribution < 1.29 is 4.79 Å². The number of allylic oxidation sites excluding steroid dienone is 1. The summed E-state index contributed by atoms with van der Waals surface area (Å²) in [5, 5.41) is 5.77. The summed E-state index contributed by atoms with van der Waals surface area (Å²) in [6, 6.07) is 11.7. The van der Waals surface area contributed by atoms with Gasteiger partial charge in [0.05, 0.1) is 0 Å².